The number of nitrogens with two attached hydrogens (primary N) is 1. The van der Waals surface area contributed by atoms with E-state index in [1.165, 1.54) is 25.7 Å². The molecule has 18 heavy (non-hydrogen) atoms. The van der Waals surface area contributed by atoms with Crippen LogP contribution in [0.15, 0.2) is 4.52 Å². The van der Waals surface area contributed by atoms with Crippen molar-refractivity contribution in [3.05, 3.63) is 11.7 Å². The highest BCUT2D eigenvalue weighted by Crippen LogP contribution is 2.15. The van der Waals surface area contributed by atoms with Crippen LogP contribution in [-0.2, 0) is 12.1 Å². The summed E-state index contributed by atoms with van der Waals surface area (Å²) in [5, 5.41) is 3.94. The first-order valence-electron chi connectivity index (χ1n) is 6.40. The van der Waals surface area contributed by atoms with Gasteiger partial charge in [0.05, 0.1) is 12.1 Å². The second-order valence-electron chi connectivity index (χ2n) is 5.42. The van der Waals surface area contributed by atoms with Crippen LogP contribution < -0.4 is 5.73 Å². The summed E-state index contributed by atoms with van der Waals surface area (Å²) < 4.78 is 5.25. The smallest absolute Gasteiger partial charge is 0.240 e. The Hall–Kier alpha value is -0.650. The maximum absolute atomic E-state index is 5.93. The molecule has 6 heteroatoms. The second kappa shape index (κ2) is 6.50. The number of nitrogens with zero attached hydrogens (tertiary/aromatic N) is 3. The fourth-order valence-corrected chi connectivity index (χ4v) is 2.07. The van der Waals surface area contributed by atoms with Crippen molar-refractivity contribution in [1.82, 2.24) is 15.0 Å². The molecule has 1 aromatic heterocycles. The molecule has 2 N–H and O–H groups in total. The van der Waals surface area contributed by atoms with Crippen LogP contribution in [0.3, 0.4) is 0 Å². The standard InChI is InChI=1S/C12H22N4O.ClH/c1-12(2,13)11-14-10(17-15-11)9-16-7-5-3-4-6-8-16;/h3-9,13H2,1-2H3;1H. The molecule has 5 nitrogen and oxygen atoms in total. The number of hydrogen-bond acceptors (Lipinski definition) is 5. The Morgan fingerprint density at radius 3 is 2.33 bits per heavy atom. The van der Waals surface area contributed by atoms with Gasteiger partial charge >= 0.3 is 0 Å². The number of hydrogen-bond donors (Lipinski definition) is 1. The van der Waals surface area contributed by atoms with E-state index in [0.29, 0.717) is 11.7 Å². The largest absolute Gasteiger partial charge is 0.338 e. The first-order valence-corrected chi connectivity index (χ1v) is 6.40. The van der Waals surface area contributed by atoms with Gasteiger partial charge in [0.25, 0.3) is 0 Å². The van der Waals surface area contributed by atoms with Crippen LogP contribution in [0.25, 0.3) is 0 Å². The predicted octanol–water partition coefficient (Wildman–Crippen LogP) is 2.06. The molecule has 1 aliphatic heterocycles. The first kappa shape index (κ1) is 15.4. The van der Waals surface area contributed by atoms with Gasteiger partial charge in [-0.3, -0.25) is 4.90 Å². The molecule has 2 heterocycles. The average molecular weight is 275 g/mol. The monoisotopic (exact) mass is 274 g/mol. The third kappa shape index (κ3) is 4.23. The first-order chi connectivity index (χ1) is 8.05. The molecule has 0 radical (unpaired) electrons. The van der Waals surface area contributed by atoms with Crippen molar-refractivity contribution in [2.24, 2.45) is 5.73 Å². The van der Waals surface area contributed by atoms with Gasteiger partial charge in [-0.1, -0.05) is 18.0 Å². The van der Waals surface area contributed by atoms with Gasteiger partial charge in [-0.25, -0.2) is 0 Å². The van der Waals surface area contributed by atoms with E-state index in [9.17, 15) is 0 Å². The summed E-state index contributed by atoms with van der Waals surface area (Å²) in [7, 11) is 0. The fraction of sp³-hybridized carbons (Fsp3) is 0.833. The second-order valence-corrected chi connectivity index (χ2v) is 5.42. The lowest BCUT2D eigenvalue weighted by atomic mass is 10.1. The molecule has 1 saturated heterocycles. The summed E-state index contributed by atoms with van der Waals surface area (Å²) in [5.74, 6) is 1.27. The number of aromatic nitrogens is 2. The maximum Gasteiger partial charge on any atom is 0.240 e. The van der Waals surface area contributed by atoms with E-state index in [4.69, 9.17) is 10.3 Å². The summed E-state index contributed by atoms with van der Waals surface area (Å²) in [6.45, 7) is 6.78. The zero-order chi connectivity index (χ0) is 12.3. The van der Waals surface area contributed by atoms with Gasteiger partial charge in [-0.15, -0.1) is 12.4 Å². The molecule has 0 amide bonds. The summed E-state index contributed by atoms with van der Waals surface area (Å²) >= 11 is 0. The maximum atomic E-state index is 5.93. The highest BCUT2D eigenvalue weighted by Gasteiger charge is 2.22. The molecule has 2 rings (SSSR count). The Balaban J connectivity index is 0.00000162. The van der Waals surface area contributed by atoms with Crippen molar-refractivity contribution in [2.45, 2.75) is 51.6 Å². The molecule has 0 aliphatic carbocycles. The van der Waals surface area contributed by atoms with E-state index >= 15 is 0 Å². The molecule has 0 bridgehead atoms. The molecular weight excluding hydrogens is 252 g/mol. The predicted molar refractivity (Wildman–Crippen MR) is 72.5 cm³/mol. The number of rotatable bonds is 3. The van der Waals surface area contributed by atoms with Crippen molar-refractivity contribution >= 4 is 12.4 Å². The van der Waals surface area contributed by atoms with E-state index in [-0.39, 0.29) is 12.4 Å². The Morgan fingerprint density at radius 1 is 1.22 bits per heavy atom. The third-order valence-corrected chi connectivity index (χ3v) is 3.10. The van der Waals surface area contributed by atoms with Gasteiger partial charge in [0, 0.05) is 0 Å². The van der Waals surface area contributed by atoms with E-state index in [2.05, 4.69) is 15.0 Å². The molecule has 0 spiro atoms. The van der Waals surface area contributed by atoms with Gasteiger partial charge < -0.3 is 10.3 Å². The molecule has 0 aromatic carbocycles. The van der Waals surface area contributed by atoms with Gasteiger partial charge in [0.1, 0.15) is 0 Å². The van der Waals surface area contributed by atoms with Gasteiger partial charge in [0.15, 0.2) is 5.82 Å². The lowest BCUT2D eigenvalue weighted by molar-refractivity contribution is 0.233. The zero-order valence-corrected chi connectivity index (χ0v) is 12.0. The van der Waals surface area contributed by atoms with Crippen molar-refractivity contribution in [3.63, 3.8) is 0 Å². The minimum atomic E-state index is -0.527. The van der Waals surface area contributed by atoms with Crippen LogP contribution in [0.4, 0.5) is 0 Å². The fourth-order valence-electron chi connectivity index (χ4n) is 2.07. The molecule has 0 atom stereocenters. The summed E-state index contributed by atoms with van der Waals surface area (Å²) in [6.07, 6.45) is 5.20. The molecular formula is C12H23ClN4O. The van der Waals surface area contributed by atoms with Crippen LogP contribution in [0, 0.1) is 0 Å². The molecule has 0 unspecified atom stereocenters. The zero-order valence-electron chi connectivity index (χ0n) is 11.2. The van der Waals surface area contributed by atoms with Crippen molar-refractivity contribution in [2.75, 3.05) is 13.1 Å². The quantitative estimate of drug-likeness (QED) is 0.914. The number of halogens is 1. The molecule has 1 aromatic rings. The highest BCUT2D eigenvalue weighted by molar-refractivity contribution is 5.85. The van der Waals surface area contributed by atoms with E-state index in [0.717, 1.165) is 19.6 Å². The number of likely N-dealkylation sites (tertiary alicyclic amines) is 1. The van der Waals surface area contributed by atoms with Crippen LogP contribution in [-0.4, -0.2) is 28.1 Å². The SMILES string of the molecule is CC(C)(N)c1noc(CN2CCCCCC2)n1.Cl. The van der Waals surface area contributed by atoms with Crippen LogP contribution in [0.2, 0.25) is 0 Å². The van der Waals surface area contributed by atoms with Gasteiger partial charge in [0.2, 0.25) is 5.89 Å². The van der Waals surface area contributed by atoms with Crippen molar-refractivity contribution in [3.8, 4) is 0 Å². The van der Waals surface area contributed by atoms with Crippen molar-refractivity contribution in [1.29, 1.82) is 0 Å². The summed E-state index contributed by atoms with van der Waals surface area (Å²) in [4.78, 5) is 6.74. The minimum absolute atomic E-state index is 0. The molecule has 1 aliphatic rings. The van der Waals surface area contributed by atoms with Crippen LogP contribution >= 0.6 is 12.4 Å². The van der Waals surface area contributed by atoms with Crippen molar-refractivity contribution < 1.29 is 4.52 Å². The molecule has 0 saturated carbocycles. The lowest BCUT2D eigenvalue weighted by Crippen LogP contribution is -2.30. The van der Waals surface area contributed by atoms with Crippen LogP contribution in [0.5, 0.6) is 0 Å². The normalized spacial score (nSPS) is 18.2. The summed E-state index contributed by atoms with van der Waals surface area (Å²) in [5.41, 5.74) is 5.40. The highest BCUT2D eigenvalue weighted by atomic mass is 35.5. The Morgan fingerprint density at radius 2 is 1.83 bits per heavy atom. The van der Waals surface area contributed by atoms with E-state index < -0.39 is 5.54 Å². The third-order valence-electron chi connectivity index (χ3n) is 3.10. The Bertz CT molecular complexity index is 353. The van der Waals surface area contributed by atoms with E-state index in [1.54, 1.807) is 0 Å². The Kier molecular flexibility index (Phi) is 5.56. The lowest BCUT2D eigenvalue weighted by Gasteiger charge is -2.16. The topological polar surface area (TPSA) is 68.2 Å². The van der Waals surface area contributed by atoms with E-state index in [1.807, 2.05) is 13.8 Å². The average Bonchev–Trinajstić information content (AvgIpc) is 2.56. The molecule has 104 valence electrons. The van der Waals surface area contributed by atoms with Gasteiger partial charge in [-0.2, -0.15) is 4.98 Å². The summed E-state index contributed by atoms with van der Waals surface area (Å²) in [6, 6.07) is 0. The minimum Gasteiger partial charge on any atom is -0.338 e. The van der Waals surface area contributed by atoms with Gasteiger partial charge in [-0.05, 0) is 39.8 Å². The molecule has 1 fully saturated rings. The Labute approximate surface area is 115 Å². The van der Waals surface area contributed by atoms with Crippen LogP contribution in [0.1, 0.15) is 51.2 Å².